The molecule has 19 heavy (non-hydrogen) atoms. The van der Waals surface area contributed by atoms with Crippen molar-refractivity contribution in [2.75, 3.05) is 25.7 Å². The average Bonchev–Trinajstić information content (AvgIpc) is 2.47. The summed E-state index contributed by atoms with van der Waals surface area (Å²) >= 11 is 2.05. The van der Waals surface area contributed by atoms with Crippen LogP contribution in [-0.2, 0) is 0 Å². The van der Waals surface area contributed by atoms with Gasteiger partial charge < -0.3 is 14.8 Å². The first-order valence-electron chi connectivity index (χ1n) is 6.80. The molecule has 0 spiro atoms. The molecule has 1 atom stereocenters. The van der Waals surface area contributed by atoms with Crippen LogP contribution in [0.15, 0.2) is 18.2 Å². The van der Waals surface area contributed by atoms with Crippen LogP contribution in [0.2, 0.25) is 0 Å². The molecule has 1 saturated heterocycles. The zero-order valence-corrected chi connectivity index (χ0v) is 12.8. The maximum absolute atomic E-state index is 5.46. The van der Waals surface area contributed by atoms with Gasteiger partial charge in [-0.05, 0) is 49.5 Å². The minimum absolute atomic E-state index is 0.276. The molecule has 0 aromatic heterocycles. The van der Waals surface area contributed by atoms with Gasteiger partial charge in [0.2, 0.25) is 0 Å². The van der Waals surface area contributed by atoms with Crippen molar-refractivity contribution in [1.29, 1.82) is 0 Å². The van der Waals surface area contributed by atoms with E-state index in [1.807, 2.05) is 12.1 Å². The van der Waals surface area contributed by atoms with Crippen LogP contribution in [0.25, 0.3) is 0 Å². The number of hydrogen-bond acceptors (Lipinski definition) is 4. The third kappa shape index (κ3) is 3.80. The molecule has 1 aromatic carbocycles. The Kier molecular flexibility index (Phi) is 5.40. The van der Waals surface area contributed by atoms with E-state index in [1.54, 1.807) is 14.2 Å². The first kappa shape index (κ1) is 14.5. The lowest BCUT2D eigenvalue weighted by molar-refractivity contribution is 0.380. The highest BCUT2D eigenvalue weighted by molar-refractivity contribution is 7.99. The minimum Gasteiger partial charge on any atom is -0.497 e. The van der Waals surface area contributed by atoms with Gasteiger partial charge in [0.15, 0.2) is 0 Å². The first-order valence-corrected chi connectivity index (χ1v) is 7.95. The van der Waals surface area contributed by atoms with Crippen molar-refractivity contribution in [1.82, 2.24) is 5.32 Å². The van der Waals surface area contributed by atoms with E-state index in [9.17, 15) is 0 Å². The lowest BCUT2D eigenvalue weighted by Crippen LogP contribution is -2.34. The van der Waals surface area contributed by atoms with Gasteiger partial charge in [0.1, 0.15) is 11.5 Å². The molecule has 0 amide bonds. The molecular formula is C15H23NO2S. The van der Waals surface area contributed by atoms with Gasteiger partial charge in [0, 0.05) is 17.6 Å². The van der Waals surface area contributed by atoms with E-state index in [0.717, 1.165) is 11.5 Å². The van der Waals surface area contributed by atoms with E-state index in [1.165, 1.54) is 29.9 Å². The smallest absolute Gasteiger partial charge is 0.123 e. The number of ether oxygens (including phenoxy) is 2. The standard InChI is InChI=1S/C15H23NO2S/c1-11(16-12-6-8-19-9-7-12)14-10-13(17-2)4-5-15(14)18-3/h4-5,10-12,16H,6-9H2,1-3H3. The van der Waals surface area contributed by atoms with Crippen LogP contribution in [0.1, 0.15) is 31.4 Å². The van der Waals surface area contributed by atoms with Crippen LogP contribution in [0.4, 0.5) is 0 Å². The Bertz CT molecular complexity index is 405. The van der Waals surface area contributed by atoms with Gasteiger partial charge in [-0.15, -0.1) is 0 Å². The molecule has 0 aliphatic carbocycles. The summed E-state index contributed by atoms with van der Waals surface area (Å²) in [4.78, 5) is 0. The van der Waals surface area contributed by atoms with E-state index >= 15 is 0 Å². The summed E-state index contributed by atoms with van der Waals surface area (Å²) in [6.07, 6.45) is 2.50. The fourth-order valence-electron chi connectivity index (χ4n) is 2.49. The molecule has 1 aliphatic rings. The minimum atomic E-state index is 0.276. The molecule has 0 radical (unpaired) electrons. The van der Waals surface area contributed by atoms with Gasteiger partial charge in [-0.3, -0.25) is 0 Å². The maximum atomic E-state index is 5.46. The van der Waals surface area contributed by atoms with Crippen molar-refractivity contribution in [2.24, 2.45) is 0 Å². The Morgan fingerprint density at radius 2 is 1.95 bits per heavy atom. The second-order valence-corrected chi connectivity index (χ2v) is 6.11. The van der Waals surface area contributed by atoms with Crippen molar-refractivity contribution in [2.45, 2.75) is 31.8 Å². The number of benzene rings is 1. The molecule has 3 nitrogen and oxygen atoms in total. The van der Waals surface area contributed by atoms with E-state index in [-0.39, 0.29) is 6.04 Å². The summed E-state index contributed by atoms with van der Waals surface area (Å²) in [5.74, 6) is 4.33. The normalized spacial score (nSPS) is 18.1. The number of nitrogens with one attached hydrogen (secondary N) is 1. The third-order valence-electron chi connectivity index (χ3n) is 3.61. The Morgan fingerprint density at radius 1 is 1.21 bits per heavy atom. The molecule has 1 unspecified atom stereocenters. The van der Waals surface area contributed by atoms with Crippen molar-refractivity contribution < 1.29 is 9.47 Å². The Morgan fingerprint density at radius 3 is 2.58 bits per heavy atom. The van der Waals surface area contributed by atoms with E-state index < -0.39 is 0 Å². The number of hydrogen-bond donors (Lipinski definition) is 1. The van der Waals surface area contributed by atoms with Gasteiger partial charge in [-0.25, -0.2) is 0 Å². The quantitative estimate of drug-likeness (QED) is 0.897. The van der Waals surface area contributed by atoms with Crippen molar-refractivity contribution >= 4 is 11.8 Å². The number of rotatable bonds is 5. The summed E-state index contributed by atoms with van der Waals surface area (Å²) in [5.41, 5.74) is 1.17. The monoisotopic (exact) mass is 281 g/mol. The van der Waals surface area contributed by atoms with Gasteiger partial charge in [-0.1, -0.05) is 0 Å². The zero-order chi connectivity index (χ0) is 13.7. The van der Waals surface area contributed by atoms with Crippen molar-refractivity contribution in [3.05, 3.63) is 23.8 Å². The molecular weight excluding hydrogens is 258 g/mol. The number of methoxy groups -OCH3 is 2. The van der Waals surface area contributed by atoms with Gasteiger partial charge in [0.25, 0.3) is 0 Å². The topological polar surface area (TPSA) is 30.5 Å². The van der Waals surface area contributed by atoms with Gasteiger partial charge in [0.05, 0.1) is 14.2 Å². The summed E-state index contributed by atoms with van der Waals surface area (Å²) in [6.45, 7) is 2.19. The molecule has 0 bridgehead atoms. The van der Waals surface area contributed by atoms with Crippen LogP contribution in [0.5, 0.6) is 11.5 Å². The second kappa shape index (κ2) is 7.06. The summed E-state index contributed by atoms with van der Waals surface area (Å²) in [5, 5.41) is 3.71. The number of thioether (sulfide) groups is 1. The molecule has 106 valence electrons. The Balaban J connectivity index is 2.09. The molecule has 4 heteroatoms. The van der Waals surface area contributed by atoms with E-state index in [4.69, 9.17) is 9.47 Å². The largest absolute Gasteiger partial charge is 0.497 e. The van der Waals surface area contributed by atoms with Gasteiger partial charge in [-0.2, -0.15) is 11.8 Å². The van der Waals surface area contributed by atoms with Gasteiger partial charge >= 0.3 is 0 Å². The molecule has 1 aromatic rings. The summed E-state index contributed by atoms with van der Waals surface area (Å²) < 4.78 is 10.8. The molecule has 0 saturated carbocycles. The lowest BCUT2D eigenvalue weighted by atomic mass is 10.0. The second-order valence-electron chi connectivity index (χ2n) is 4.88. The highest BCUT2D eigenvalue weighted by atomic mass is 32.2. The highest BCUT2D eigenvalue weighted by Crippen LogP contribution is 2.30. The average molecular weight is 281 g/mol. The Labute approximate surface area is 120 Å². The van der Waals surface area contributed by atoms with Crippen LogP contribution in [-0.4, -0.2) is 31.8 Å². The maximum Gasteiger partial charge on any atom is 0.123 e. The molecule has 2 rings (SSSR count). The summed E-state index contributed by atoms with van der Waals surface area (Å²) in [6, 6.07) is 6.87. The fraction of sp³-hybridized carbons (Fsp3) is 0.600. The lowest BCUT2D eigenvalue weighted by Gasteiger charge is -2.27. The van der Waals surface area contributed by atoms with E-state index in [0.29, 0.717) is 6.04 Å². The predicted octanol–water partition coefficient (Wildman–Crippen LogP) is 3.25. The first-order chi connectivity index (χ1) is 9.24. The SMILES string of the molecule is COc1ccc(OC)c(C(C)NC2CCSCC2)c1. The van der Waals surface area contributed by atoms with E-state index in [2.05, 4.69) is 30.1 Å². The molecule has 1 fully saturated rings. The predicted molar refractivity (Wildman–Crippen MR) is 81.4 cm³/mol. The van der Waals surface area contributed by atoms with Crippen molar-refractivity contribution in [3.63, 3.8) is 0 Å². The van der Waals surface area contributed by atoms with Crippen LogP contribution < -0.4 is 14.8 Å². The zero-order valence-electron chi connectivity index (χ0n) is 11.9. The molecule has 1 aliphatic heterocycles. The van der Waals surface area contributed by atoms with Crippen molar-refractivity contribution in [3.8, 4) is 11.5 Å². The highest BCUT2D eigenvalue weighted by Gasteiger charge is 2.19. The molecule has 1 N–H and O–H groups in total. The fourth-order valence-corrected chi connectivity index (χ4v) is 3.59. The third-order valence-corrected chi connectivity index (χ3v) is 4.66. The van der Waals surface area contributed by atoms with Crippen LogP contribution in [0.3, 0.4) is 0 Å². The van der Waals surface area contributed by atoms with Crippen LogP contribution >= 0.6 is 11.8 Å². The molecule has 1 heterocycles. The Hall–Kier alpha value is -0.870. The van der Waals surface area contributed by atoms with Crippen LogP contribution in [0, 0.1) is 0 Å². The summed E-state index contributed by atoms with van der Waals surface area (Å²) in [7, 11) is 3.41.